The van der Waals surface area contributed by atoms with E-state index in [1.807, 2.05) is 0 Å². The number of para-hydroxylation sites is 4. The van der Waals surface area contributed by atoms with E-state index in [1.165, 1.54) is 82.6 Å². The summed E-state index contributed by atoms with van der Waals surface area (Å²) in [5, 5.41) is 5.03. The summed E-state index contributed by atoms with van der Waals surface area (Å²) < 4.78 is 4.74. The van der Waals surface area contributed by atoms with Gasteiger partial charge in [0.1, 0.15) is 0 Å². The van der Waals surface area contributed by atoms with Crippen LogP contribution in [0.15, 0.2) is 249 Å². The van der Waals surface area contributed by atoms with E-state index in [0.29, 0.717) is 0 Å². The zero-order valence-electron chi connectivity index (χ0n) is 35.6. The van der Waals surface area contributed by atoms with Gasteiger partial charge in [0.05, 0.1) is 27.5 Å². The normalized spacial score (nSPS) is 13.3. The van der Waals surface area contributed by atoms with E-state index in [0.717, 1.165) is 28.1 Å². The number of allylic oxidation sites excluding steroid dienone is 5. The first kappa shape index (κ1) is 37.6. The molecule has 0 amide bonds. The van der Waals surface area contributed by atoms with Crippen LogP contribution in [0.1, 0.15) is 29.2 Å². The molecule has 0 saturated heterocycles. The summed E-state index contributed by atoms with van der Waals surface area (Å²) >= 11 is 0. The maximum Gasteiger partial charge on any atom is 0.0707 e. The molecule has 0 saturated carbocycles. The minimum Gasteiger partial charge on any atom is -0.309 e. The Balaban J connectivity index is 0.925. The number of benzene rings is 9. The Kier molecular flexibility index (Phi) is 8.81. The molecule has 64 heavy (non-hydrogen) atoms. The Morgan fingerprint density at radius 1 is 0.422 bits per heavy atom. The topological polar surface area (TPSA) is 9.86 Å². The Hall–Kier alpha value is -8.20. The average Bonchev–Trinajstić information content (AvgIpc) is 3.99. The number of fused-ring (bicyclic) bond motifs is 9. The van der Waals surface area contributed by atoms with Gasteiger partial charge in [0.25, 0.3) is 0 Å². The molecule has 2 nitrogen and oxygen atoms in total. The maximum absolute atomic E-state index is 4.94. The summed E-state index contributed by atoms with van der Waals surface area (Å²) in [5.41, 5.74) is 18.5. The molecular formula is C62H44N2. The van der Waals surface area contributed by atoms with E-state index in [-0.39, 0.29) is 0 Å². The second-order valence-corrected chi connectivity index (χ2v) is 16.9. The molecule has 0 radical (unpaired) electrons. The highest BCUT2D eigenvalue weighted by molar-refractivity contribution is 6.11. The molecule has 2 aromatic heterocycles. The molecule has 1 aliphatic rings. The van der Waals surface area contributed by atoms with Crippen molar-refractivity contribution >= 4 is 49.2 Å². The van der Waals surface area contributed by atoms with Crippen molar-refractivity contribution in [2.24, 2.45) is 0 Å². The van der Waals surface area contributed by atoms with Gasteiger partial charge in [-0.1, -0.05) is 189 Å². The van der Waals surface area contributed by atoms with Crippen LogP contribution in [0.2, 0.25) is 0 Å². The highest BCUT2D eigenvalue weighted by Crippen LogP contribution is 2.56. The van der Waals surface area contributed by atoms with Crippen LogP contribution in [0.5, 0.6) is 0 Å². The van der Waals surface area contributed by atoms with Crippen molar-refractivity contribution in [2.75, 3.05) is 0 Å². The molecular weight excluding hydrogens is 773 g/mol. The fourth-order valence-electron chi connectivity index (χ4n) is 10.7. The SMILES string of the molecule is C=C(/C=C\C(=C/C)c1ccc(-n2c3ccccc3c3ccccc32)cc1)C1(c2ccc(-c3ccc4c(c3)c3ccccc3n4-c3ccccc3)cc2)c2ccccc2-c2ccccc21. The molecule has 12 rings (SSSR count). The molecule has 2 heteroatoms. The second kappa shape index (κ2) is 15.0. The Morgan fingerprint density at radius 2 is 0.891 bits per heavy atom. The molecule has 0 fully saturated rings. The fraction of sp³-hybridized carbons (Fsp3) is 0.0323. The van der Waals surface area contributed by atoms with E-state index < -0.39 is 5.41 Å². The Bertz CT molecular complexity index is 3570. The predicted molar refractivity (Wildman–Crippen MR) is 271 cm³/mol. The number of nitrogens with zero attached hydrogens (tertiary/aromatic N) is 2. The monoisotopic (exact) mass is 816 g/mol. The van der Waals surface area contributed by atoms with Gasteiger partial charge in [0.2, 0.25) is 0 Å². The minimum absolute atomic E-state index is 0.589. The van der Waals surface area contributed by atoms with Gasteiger partial charge in [-0.2, -0.15) is 0 Å². The molecule has 1 aliphatic carbocycles. The van der Waals surface area contributed by atoms with Gasteiger partial charge in [-0.05, 0) is 117 Å². The Morgan fingerprint density at radius 3 is 1.47 bits per heavy atom. The van der Waals surface area contributed by atoms with E-state index >= 15 is 0 Å². The van der Waals surface area contributed by atoms with Crippen molar-refractivity contribution in [1.29, 1.82) is 0 Å². The van der Waals surface area contributed by atoms with Gasteiger partial charge >= 0.3 is 0 Å². The van der Waals surface area contributed by atoms with E-state index in [9.17, 15) is 0 Å². The molecule has 0 unspecified atom stereocenters. The van der Waals surface area contributed by atoms with Gasteiger partial charge < -0.3 is 9.13 Å². The second-order valence-electron chi connectivity index (χ2n) is 16.9. The van der Waals surface area contributed by atoms with Crippen molar-refractivity contribution in [3.8, 4) is 33.6 Å². The average molecular weight is 817 g/mol. The summed E-state index contributed by atoms with van der Waals surface area (Å²) in [6, 6.07) is 79.6. The van der Waals surface area contributed by atoms with Crippen LogP contribution in [0.25, 0.3) is 82.8 Å². The lowest BCUT2D eigenvalue weighted by molar-refractivity contribution is 0.770. The van der Waals surface area contributed by atoms with Crippen LogP contribution in [-0.2, 0) is 5.41 Å². The first-order chi connectivity index (χ1) is 31.6. The molecule has 0 aliphatic heterocycles. The van der Waals surface area contributed by atoms with Crippen molar-refractivity contribution < 1.29 is 0 Å². The van der Waals surface area contributed by atoms with Gasteiger partial charge in [0, 0.05) is 32.9 Å². The van der Waals surface area contributed by atoms with E-state index in [2.05, 4.69) is 253 Å². The van der Waals surface area contributed by atoms with Crippen LogP contribution in [0.4, 0.5) is 0 Å². The highest BCUT2D eigenvalue weighted by Gasteiger charge is 2.45. The molecule has 0 spiro atoms. The van der Waals surface area contributed by atoms with Crippen LogP contribution in [0, 0.1) is 0 Å². The van der Waals surface area contributed by atoms with Gasteiger partial charge in [0.15, 0.2) is 0 Å². The molecule has 11 aromatic rings. The lowest BCUT2D eigenvalue weighted by Crippen LogP contribution is -2.28. The third-order valence-corrected chi connectivity index (χ3v) is 13.6. The maximum atomic E-state index is 4.94. The van der Waals surface area contributed by atoms with Crippen LogP contribution in [0.3, 0.4) is 0 Å². The summed E-state index contributed by atoms with van der Waals surface area (Å²) in [5.74, 6) is 0. The molecule has 0 bridgehead atoms. The molecule has 0 N–H and O–H groups in total. The zero-order chi connectivity index (χ0) is 42.8. The van der Waals surface area contributed by atoms with E-state index in [1.54, 1.807) is 0 Å². The van der Waals surface area contributed by atoms with Crippen molar-refractivity contribution in [1.82, 2.24) is 9.13 Å². The van der Waals surface area contributed by atoms with Crippen LogP contribution in [-0.4, -0.2) is 9.13 Å². The summed E-state index contributed by atoms with van der Waals surface area (Å²) in [6.45, 7) is 7.06. The highest BCUT2D eigenvalue weighted by atomic mass is 15.0. The number of rotatable bonds is 8. The third kappa shape index (κ3) is 5.66. The van der Waals surface area contributed by atoms with Gasteiger partial charge in [-0.25, -0.2) is 0 Å². The summed E-state index contributed by atoms with van der Waals surface area (Å²) in [4.78, 5) is 0. The molecule has 9 aromatic carbocycles. The number of hydrogen-bond donors (Lipinski definition) is 0. The molecule has 0 atom stereocenters. The first-order valence-electron chi connectivity index (χ1n) is 22.2. The lowest BCUT2D eigenvalue weighted by Gasteiger charge is -2.34. The number of aromatic nitrogens is 2. The van der Waals surface area contributed by atoms with Gasteiger partial charge in [-0.3, -0.25) is 0 Å². The predicted octanol–water partition coefficient (Wildman–Crippen LogP) is 16.1. The number of hydrogen-bond acceptors (Lipinski definition) is 0. The Labute approximate surface area is 373 Å². The van der Waals surface area contributed by atoms with Crippen LogP contribution >= 0.6 is 0 Å². The summed E-state index contributed by atoms with van der Waals surface area (Å²) in [6.07, 6.45) is 6.70. The minimum atomic E-state index is -0.589. The van der Waals surface area contributed by atoms with Gasteiger partial charge in [-0.15, -0.1) is 0 Å². The zero-order valence-corrected chi connectivity index (χ0v) is 35.6. The smallest absolute Gasteiger partial charge is 0.0707 e. The van der Waals surface area contributed by atoms with Crippen LogP contribution < -0.4 is 0 Å². The quantitative estimate of drug-likeness (QED) is 0.135. The largest absolute Gasteiger partial charge is 0.309 e. The fourth-order valence-corrected chi connectivity index (χ4v) is 10.7. The first-order valence-corrected chi connectivity index (χ1v) is 22.2. The van der Waals surface area contributed by atoms with E-state index in [4.69, 9.17) is 6.58 Å². The standard InChI is InChI=1S/C62H44N2/c1-3-43(44-33-38-49(39-34-44)64-58-26-14-9-21-52(58)53-22-10-15-27-59(53)64)30-29-42(2)62(56-24-12-7-19-50(56)51-20-8-13-25-57(51)62)47-36-31-45(32-37-47)46-35-40-61-55(41-46)54-23-11-16-28-60(54)63(61)48-17-5-4-6-18-48/h3-41H,2H2,1H3/b30-29-,43-3+. The van der Waals surface area contributed by atoms with Crippen molar-refractivity contribution in [2.45, 2.75) is 12.3 Å². The van der Waals surface area contributed by atoms with Crippen molar-refractivity contribution in [3.05, 3.63) is 271 Å². The molecule has 302 valence electrons. The summed E-state index contributed by atoms with van der Waals surface area (Å²) in [7, 11) is 0. The molecule has 2 heterocycles. The van der Waals surface area contributed by atoms with Crippen molar-refractivity contribution in [3.63, 3.8) is 0 Å². The third-order valence-electron chi connectivity index (χ3n) is 13.6. The lowest BCUT2D eigenvalue weighted by atomic mass is 9.67.